The summed E-state index contributed by atoms with van der Waals surface area (Å²) < 4.78 is 20.2. The van der Waals surface area contributed by atoms with E-state index >= 15 is 0 Å². The van der Waals surface area contributed by atoms with Crippen LogP contribution in [0.2, 0.25) is 16.6 Å². The highest BCUT2D eigenvalue weighted by atomic mass is 28.4. The van der Waals surface area contributed by atoms with E-state index in [-0.39, 0.29) is 12.2 Å². The zero-order valence-electron chi connectivity index (χ0n) is 26.1. The molecule has 1 saturated carbocycles. The van der Waals surface area contributed by atoms with Gasteiger partial charge in [0.2, 0.25) is 8.32 Å². The molecule has 1 spiro atoms. The van der Waals surface area contributed by atoms with Crippen molar-refractivity contribution in [1.82, 2.24) is 4.90 Å². The molecule has 220 valence electrons. The first-order valence-electron chi connectivity index (χ1n) is 15.9. The van der Waals surface area contributed by atoms with Crippen LogP contribution in [0.4, 0.5) is 0 Å². The molecule has 2 aromatic rings. The fourth-order valence-electron chi connectivity index (χ4n) is 9.10. The summed E-state index contributed by atoms with van der Waals surface area (Å²) in [4.78, 5) is 2.89. The van der Waals surface area contributed by atoms with E-state index in [9.17, 15) is 0 Å². The second-order valence-corrected chi connectivity index (χ2v) is 19.2. The van der Waals surface area contributed by atoms with Crippen LogP contribution in [0.5, 0.6) is 5.75 Å². The Bertz CT molecular complexity index is 1070. The van der Waals surface area contributed by atoms with Crippen molar-refractivity contribution >= 4 is 8.32 Å². The van der Waals surface area contributed by atoms with Gasteiger partial charge in [-0.05, 0) is 85.0 Å². The molecule has 40 heavy (non-hydrogen) atoms. The molecule has 0 aromatic heterocycles. The monoisotopic (exact) mass is 563 g/mol. The van der Waals surface area contributed by atoms with Crippen molar-refractivity contribution in [1.29, 1.82) is 0 Å². The summed E-state index contributed by atoms with van der Waals surface area (Å²) in [6.45, 7) is 16.4. The quantitative estimate of drug-likeness (QED) is 0.257. The van der Waals surface area contributed by atoms with Crippen molar-refractivity contribution in [3.8, 4) is 5.75 Å². The highest BCUT2D eigenvalue weighted by Crippen LogP contribution is 2.55. The molecule has 5 atom stereocenters. The smallest absolute Gasteiger partial charge is 0.200 e. The lowest BCUT2D eigenvalue weighted by molar-refractivity contribution is -0.169. The van der Waals surface area contributed by atoms with Gasteiger partial charge in [0.1, 0.15) is 5.75 Å². The summed E-state index contributed by atoms with van der Waals surface area (Å²) >= 11 is 0. The van der Waals surface area contributed by atoms with Gasteiger partial charge in [-0.1, -0.05) is 84.0 Å². The molecule has 5 rings (SSSR count). The zero-order chi connectivity index (χ0) is 28.5. The third kappa shape index (κ3) is 5.56. The largest absolute Gasteiger partial charge is 0.497 e. The van der Waals surface area contributed by atoms with Crippen LogP contribution in [0.25, 0.3) is 0 Å². The number of nitrogens with zero attached hydrogens (tertiary/aromatic N) is 1. The summed E-state index contributed by atoms with van der Waals surface area (Å²) in [5.74, 6) is 1.35. The van der Waals surface area contributed by atoms with Crippen LogP contribution in [-0.2, 0) is 22.2 Å². The minimum atomic E-state index is -2.01. The number of ether oxygens (including phenoxy) is 2. The molecule has 2 aliphatic heterocycles. The molecule has 2 aromatic carbocycles. The topological polar surface area (TPSA) is 30.9 Å². The standard InChI is InChI=1S/C35H53NO3Si/c1-25(2)40(26(3)4,27(5)6)39-33-18-20-35-19-11-21-36(35)32(22-28-14-16-30(37-7)17-15-28)34(31(33)23-35)38-24-29-12-9-8-10-13-29/h8-10,12-17,25-27,31-34H,11,18-24H2,1-7H3/t31-,32?,33-,34+,35-/m1/s1. The molecular weight excluding hydrogens is 510 g/mol. The fraction of sp³-hybridized carbons (Fsp3) is 0.657. The van der Waals surface area contributed by atoms with Crippen LogP contribution in [0.3, 0.4) is 0 Å². The normalized spacial score (nSPS) is 28.9. The highest BCUT2D eigenvalue weighted by molar-refractivity contribution is 6.77. The Hall–Kier alpha value is -1.66. The highest BCUT2D eigenvalue weighted by Gasteiger charge is 2.59. The lowest BCUT2D eigenvalue weighted by atomic mass is 9.65. The van der Waals surface area contributed by atoms with Gasteiger partial charge in [0.15, 0.2) is 0 Å². The molecule has 1 unspecified atom stereocenters. The van der Waals surface area contributed by atoms with Crippen LogP contribution < -0.4 is 4.74 Å². The average molecular weight is 564 g/mol. The van der Waals surface area contributed by atoms with E-state index < -0.39 is 8.32 Å². The molecule has 3 fully saturated rings. The third-order valence-corrected chi connectivity index (χ3v) is 16.9. The van der Waals surface area contributed by atoms with Gasteiger partial charge in [-0.2, -0.15) is 0 Å². The van der Waals surface area contributed by atoms with Crippen LogP contribution in [0.1, 0.15) is 84.8 Å². The zero-order valence-corrected chi connectivity index (χ0v) is 27.1. The minimum Gasteiger partial charge on any atom is -0.497 e. The van der Waals surface area contributed by atoms with Gasteiger partial charge in [-0.15, -0.1) is 0 Å². The maximum absolute atomic E-state index is 7.63. The van der Waals surface area contributed by atoms with Gasteiger partial charge >= 0.3 is 0 Å². The second kappa shape index (κ2) is 12.3. The second-order valence-electron chi connectivity index (χ2n) is 13.8. The molecule has 0 radical (unpaired) electrons. The maximum Gasteiger partial charge on any atom is 0.200 e. The molecule has 1 aliphatic carbocycles. The van der Waals surface area contributed by atoms with Crippen molar-refractivity contribution in [2.45, 2.75) is 127 Å². The van der Waals surface area contributed by atoms with Crippen LogP contribution in [-0.4, -0.2) is 50.7 Å². The number of rotatable bonds is 11. The molecule has 5 heteroatoms. The fourth-order valence-corrected chi connectivity index (χ4v) is 14.7. The first kappa shape index (κ1) is 29.8. The average Bonchev–Trinajstić information content (AvgIpc) is 3.35. The number of hydrogen-bond donors (Lipinski definition) is 0. The van der Waals surface area contributed by atoms with Gasteiger partial charge in [0.25, 0.3) is 0 Å². The van der Waals surface area contributed by atoms with Crippen molar-refractivity contribution in [2.75, 3.05) is 13.7 Å². The molecule has 0 amide bonds. The van der Waals surface area contributed by atoms with Gasteiger partial charge in [-0.3, -0.25) is 4.90 Å². The molecule has 4 nitrogen and oxygen atoms in total. The number of methoxy groups -OCH3 is 1. The molecule has 2 saturated heterocycles. The van der Waals surface area contributed by atoms with Gasteiger partial charge in [0, 0.05) is 17.5 Å². The van der Waals surface area contributed by atoms with Crippen LogP contribution in [0.15, 0.2) is 54.6 Å². The number of fused-ring (bicyclic) bond motifs is 1. The van der Waals surface area contributed by atoms with E-state index in [0.29, 0.717) is 40.7 Å². The summed E-state index contributed by atoms with van der Waals surface area (Å²) in [7, 11) is -0.269. The van der Waals surface area contributed by atoms with Gasteiger partial charge < -0.3 is 13.9 Å². The van der Waals surface area contributed by atoms with E-state index in [0.717, 1.165) is 12.2 Å². The number of hydrogen-bond acceptors (Lipinski definition) is 4. The van der Waals surface area contributed by atoms with Crippen molar-refractivity contribution in [2.24, 2.45) is 5.92 Å². The van der Waals surface area contributed by atoms with Crippen molar-refractivity contribution in [3.63, 3.8) is 0 Å². The number of piperidine rings is 1. The van der Waals surface area contributed by atoms with E-state index in [1.807, 2.05) is 0 Å². The SMILES string of the molecule is COc1ccc(CC2[C@@H](OCc3ccccc3)[C@@H]3C[C@@]4(CCCN24)CC[C@H]3O[Si](C(C)C)(C(C)C)C(C)C)cc1. The Morgan fingerprint density at radius 2 is 1.55 bits per heavy atom. The van der Waals surface area contributed by atoms with E-state index in [2.05, 4.69) is 101 Å². The van der Waals surface area contributed by atoms with Crippen LogP contribution in [0, 0.1) is 5.92 Å². The molecule has 2 heterocycles. The Labute approximate surface area is 244 Å². The summed E-state index contributed by atoms with van der Waals surface area (Å²) in [6.07, 6.45) is 7.71. The Kier molecular flexibility index (Phi) is 9.16. The molecule has 2 bridgehead atoms. The predicted molar refractivity (Wildman–Crippen MR) is 167 cm³/mol. The Balaban J connectivity index is 1.50. The van der Waals surface area contributed by atoms with Crippen molar-refractivity contribution in [3.05, 3.63) is 65.7 Å². The third-order valence-electron chi connectivity index (χ3n) is 10.8. The maximum atomic E-state index is 7.63. The minimum absolute atomic E-state index is 0.150. The van der Waals surface area contributed by atoms with Crippen molar-refractivity contribution < 1.29 is 13.9 Å². The predicted octanol–water partition coefficient (Wildman–Crippen LogP) is 8.40. The lowest BCUT2D eigenvalue weighted by Crippen LogP contribution is -2.68. The van der Waals surface area contributed by atoms with Crippen LogP contribution >= 0.6 is 0 Å². The van der Waals surface area contributed by atoms with Gasteiger partial charge in [0.05, 0.1) is 25.9 Å². The first-order chi connectivity index (χ1) is 19.2. The Morgan fingerprint density at radius 3 is 2.17 bits per heavy atom. The summed E-state index contributed by atoms with van der Waals surface area (Å²) in [5, 5.41) is 0. The number of benzene rings is 2. The summed E-state index contributed by atoms with van der Waals surface area (Å²) in [6, 6.07) is 19.8. The first-order valence-corrected chi connectivity index (χ1v) is 18.1. The van der Waals surface area contributed by atoms with E-state index in [1.54, 1.807) is 7.11 Å². The molecule has 0 N–H and O–H groups in total. The van der Waals surface area contributed by atoms with Gasteiger partial charge in [-0.25, -0.2) is 0 Å². The lowest BCUT2D eigenvalue weighted by Gasteiger charge is -2.60. The Morgan fingerprint density at radius 1 is 0.875 bits per heavy atom. The molecular formula is C35H53NO3Si. The van der Waals surface area contributed by atoms with E-state index in [4.69, 9.17) is 13.9 Å². The summed E-state index contributed by atoms with van der Waals surface area (Å²) in [5.41, 5.74) is 4.71. The molecule has 3 aliphatic rings. The van der Waals surface area contributed by atoms with E-state index in [1.165, 1.54) is 49.8 Å².